The Balaban J connectivity index is 1.66. The maximum Gasteiger partial charge on any atom is 0.197 e. The molecule has 28 heavy (non-hydrogen) atoms. The van der Waals surface area contributed by atoms with E-state index < -0.39 is 0 Å². The molecule has 3 aromatic rings. The van der Waals surface area contributed by atoms with Crippen molar-refractivity contribution in [3.05, 3.63) is 48.2 Å². The lowest BCUT2D eigenvalue weighted by molar-refractivity contribution is 0.0953. The monoisotopic (exact) mass is 393 g/mol. The Morgan fingerprint density at radius 2 is 2.11 bits per heavy atom. The van der Waals surface area contributed by atoms with E-state index in [1.165, 1.54) is 11.8 Å². The second-order valence-electron chi connectivity index (χ2n) is 6.38. The zero-order valence-electron chi connectivity index (χ0n) is 15.4. The van der Waals surface area contributed by atoms with Crippen LogP contribution in [0.4, 0.5) is 0 Å². The zero-order chi connectivity index (χ0) is 19.3. The van der Waals surface area contributed by atoms with Crippen LogP contribution in [0.2, 0.25) is 0 Å². The van der Waals surface area contributed by atoms with E-state index in [4.69, 9.17) is 14.7 Å². The smallest absolute Gasteiger partial charge is 0.197 e. The van der Waals surface area contributed by atoms with E-state index in [2.05, 4.69) is 25.8 Å². The molecule has 1 atom stereocenters. The average Bonchev–Trinajstić information content (AvgIpc) is 3.40. The fourth-order valence-electron chi connectivity index (χ4n) is 3.07. The predicted octanol–water partition coefficient (Wildman–Crippen LogP) is 3.55. The molecule has 1 aliphatic heterocycles. The van der Waals surface area contributed by atoms with Gasteiger partial charge in [0.05, 0.1) is 25.3 Å². The summed E-state index contributed by atoms with van der Waals surface area (Å²) in [6.07, 6.45) is 3.82. The number of ether oxygens (including phenoxy) is 2. The Bertz CT molecular complexity index is 973. The summed E-state index contributed by atoms with van der Waals surface area (Å²) < 4.78 is 13.2. The Morgan fingerprint density at radius 1 is 1.25 bits per heavy atom. The first-order valence-electron chi connectivity index (χ1n) is 9.00. The third-order valence-electron chi connectivity index (χ3n) is 4.54. The van der Waals surface area contributed by atoms with Gasteiger partial charge >= 0.3 is 0 Å². The van der Waals surface area contributed by atoms with Gasteiger partial charge < -0.3 is 9.47 Å². The van der Waals surface area contributed by atoms with Gasteiger partial charge in [0, 0.05) is 18.4 Å². The van der Waals surface area contributed by atoms with Crippen LogP contribution in [0.25, 0.3) is 11.4 Å². The number of pyridine rings is 1. The first-order valence-corrected chi connectivity index (χ1v) is 9.81. The quantitative estimate of drug-likeness (QED) is 0.633. The maximum atomic E-state index is 8.94. The van der Waals surface area contributed by atoms with E-state index in [0.29, 0.717) is 12.1 Å². The Kier molecular flexibility index (Phi) is 5.55. The van der Waals surface area contributed by atoms with Crippen molar-refractivity contribution in [1.82, 2.24) is 19.7 Å². The highest BCUT2D eigenvalue weighted by Gasteiger charge is 2.22. The van der Waals surface area contributed by atoms with Crippen LogP contribution >= 0.6 is 11.8 Å². The molecule has 2 aromatic heterocycles. The van der Waals surface area contributed by atoms with E-state index in [-0.39, 0.29) is 6.10 Å². The molecule has 1 aliphatic rings. The van der Waals surface area contributed by atoms with E-state index in [1.807, 2.05) is 30.3 Å². The molecule has 0 radical (unpaired) electrons. The molecule has 1 unspecified atom stereocenters. The van der Waals surface area contributed by atoms with Crippen molar-refractivity contribution >= 4 is 11.8 Å². The molecule has 0 amide bonds. The number of rotatable bonds is 6. The fraction of sp³-hybridized carbons (Fsp3) is 0.300. The Labute approximate surface area is 167 Å². The summed E-state index contributed by atoms with van der Waals surface area (Å²) in [6.45, 7) is 1.48. The van der Waals surface area contributed by atoms with Crippen molar-refractivity contribution in [2.24, 2.45) is 0 Å². The van der Waals surface area contributed by atoms with Gasteiger partial charge in [-0.25, -0.2) is 4.98 Å². The summed E-state index contributed by atoms with van der Waals surface area (Å²) >= 11 is 1.43. The highest BCUT2D eigenvalue weighted by molar-refractivity contribution is 7.99. The lowest BCUT2D eigenvalue weighted by Gasteiger charge is -2.14. The van der Waals surface area contributed by atoms with E-state index in [0.717, 1.165) is 46.8 Å². The molecule has 3 heterocycles. The van der Waals surface area contributed by atoms with Crippen LogP contribution in [0.1, 0.15) is 18.4 Å². The zero-order valence-corrected chi connectivity index (χ0v) is 16.2. The summed E-state index contributed by atoms with van der Waals surface area (Å²) in [4.78, 5) is 4.33. The normalized spacial score (nSPS) is 16.1. The highest BCUT2D eigenvalue weighted by Crippen LogP contribution is 2.30. The van der Waals surface area contributed by atoms with Gasteiger partial charge in [0.15, 0.2) is 11.0 Å². The summed E-state index contributed by atoms with van der Waals surface area (Å²) in [7, 11) is 1.65. The van der Waals surface area contributed by atoms with Gasteiger partial charge in [0.2, 0.25) is 0 Å². The van der Waals surface area contributed by atoms with Gasteiger partial charge in [-0.15, -0.1) is 10.2 Å². The molecule has 0 aliphatic carbocycles. The summed E-state index contributed by atoms with van der Waals surface area (Å²) in [5.41, 5.74) is 1.50. The van der Waals surface area contributed by atoms with Crippen molar-refractivity contribution in [2.75, 3.05) is 13.7 Å². The minimum absolute atomic E-state index is 0.154. The number of aromatic nitrogens is 4. The van der Waals surface area contributed by atoms with Gasteiger partial charge in [0.1, 0.15) is 16.8 Å². The summed E-state index contributed by atoms with van der Waals surface area (Å²) in [6, 6.07) is 13.4. The summed E-state index contributed by atoms with van der Waals surface area (Å²) in [5.74, 6) is 1.58. The van der Waals surface area contributed by atoms with Crippen LogP contribution < -0.4 is 4.74 Å². The first kappa shape index (κ1) is 18.5. The molecule has 1 aromatic carbocycles. The van der Waals surface area contributed by atoms with Gasteiger partial charge in [-0.05, 0) is 61.0 Å². The molecular formula is C20H19N5O2S. The Hall–Kier alpha value is -2.89. The van der Waals surface area contributed by atoms with Crippen LogP contribution in [0.5, 0.6) is 5.75 Å². The maximum absolute atomic E-state index is 8.94. The van der Waals surface area contributed by atoms with Crippen molar-refractivity contribution in [3.63, 3.8) is 0 Å². The van der Waals surface area contributed by atoms with Crippen molar-refractivity contribution in [1.29, 1.82) is 5.26 Å². The van der Waals surface area contributed by atoms with Gasteiger partial charge in [-0.2, -0.15) is 5.26 Å². The SMILES string of the molecule is COc1ccc(-c2nnc(Sc3ccc(C#N)cn3)n2CC2CCCO2)cc1. The summed E-state index contributed by atoms with van der Waals surface area (Å²) in [5, 5.41) is 19.3. The van der Waals surface area contributed by atoms with Crippen LogP contribution in [0, 0.1) is 11.3 Å². The van der Waals surface area contributed by atoms with Crippen molar-refractivity contribution < 1.29 is 9.47 Å². The lowest BCUT2D eigenvalue weighted by atomic mass is 10.2. The number of hydrogen-bond acceptors (Lipinski definition) is 7. The fourth-order valence-corrected chi connectivity index (χ4v) is 3.86. The topological polar surface area (TPSA) is 85.9 Å². The first-order chi connectivity index (χ1) is 13.8. The predicted molar refractivity (Wildman–Crippen MR) is 104 cm³/mol. The molecule has 0 spiro atoms. The second kappa shape index (κ2) is 8.42. The standard InChI is InChI=1S/C20H19N5O2S/c1-26-16-7-5-15(6-8-16)19-23-24-20(25(19)13-17-3-2-10-27-17)28-18-9-4-14(11-21)12-22-18/h4-9,12,17H,2-3,10,13H2,1H3. The molecule has 0 saturated carbocycles. The minimum atomic E-state index is 0.154. The number of methoxy groups -OCH3 is 1. The van der Waals surface area contributed by atoms with E-state index in [9.17, 15) is 0 Å². The van der Waals surface area contributed by atoms with Crippen LogP contribution in [0.3, 0.4) is 0 Å². The molecular weight excluding hydrogens is 374 g/mol. The van der Waals surface area contributed by atoms with Gasteiger partial charge in [0.25, 0.3) is 0 Å². The largest absolute Gasteiger partial charge is 0.497 e. The molecule has 1 fully saturated rings. The molecule has 4 rings (SSSR count). The average molecular weight is 393 g/mol. The van der Waals surface area contributed by atoms with Gasteiger partial charge in [-0.1, -0.05) is 0 Å². The van der Waals surface area contributed by atoms with Crippen LogP contribution in [0.15, 0.2) is 52.8 Å². The van der Waals surface area contributed by atoms with Crippen LogP contribution in [-0.4, -0.2) is 39.6 Å². The number of hydrogen-bond donors (Lipinski definition) is 0. The third kappa shape index (κ3) is 4.01. The second-order valence-corrected chi connectivity index (χ2v) is 7.37. The molecule has 8 heteroatoms. The van der Waals surface area contributed by atoms with Gasteiger partial charge in [-0.3, -0.25) is 4.57 Å². The molecule has 1 saturated heterocycles. The highest BCUT2D eigenvalue weighted by atomic mass is 32.2. The van der Waals surface area contributed by atoms with Crippen molar-refractivity contribution in [3.8, 4) is 23.2 Å². The van der Waals surface area contributed by atoms with E-state index in [1.54, 1.807) is 19.4 Å². The van der Waals surface area contributed by atoms with E-state index >= 15 is 0 Å². The minimum Gasteiger partial charge on any atom is -0.497 e. The number of benzene rings is 1. The van der Waals surface area contributed by atoms with Crippen LogP contribution in [-0.2, 0) is 11.3 Å². The number of nitrogens with zero attached hydrogens (tertiary/aromatic N) is 5. The van der Waals surface area contributed by atoms with Crippen molar-refractivity contribution in [2.45, 2.75) is 35.7 Å². The number of nitriles is 1. The molecule has 0 bridgehead atoms. The molecule has 7 nitrogen and oxygen atoms in total. The molecule has 142 valence electrons. The Morgan fingerprint density at radius 3 is 2.75 bits per heavy atom. The third-order valence-corrected chi connectivity index (χ3v) is 5.47. The molecule has 0 N–H and O–H groups in total. The lowest BCUT2D eigenvalue weighted by Crippen LogP contribution is -2.16.